The van der Waals surface area contributed by atoms with Crippen molar-refractivity contribution in [2.75, 3.05) is 37.0 Å². The number of pyridine rings is 1. The average Bonchev–Trinajstić information content (AvgIpc) is 3.17. The summed E-state index contributed by atoms with van der Waals surface area (Å²) in [6.45, 7) is 1.81. The first-order valence-corrected chi connectivity index (χ1v) is 9.40. The van der Waals surface area contributed by atoms with Gasteiger partial charge in [0.2, 0.25) is 0 Å². The molecule has 9 heteroatoms. The number of hydrogen-bond donors (Lipinski definition) is 0. The Balaban J connectivity index is 1.40. The molecule has 0 aliphatic carbocycles. The second-order valence-electron chi connectivity index (χ2n) is 7.27. The van der Waals surface area contributed by atoms with Gasteiger partial charge in [-0.3, -0.25) is 4.98 Å². The van der Waals surface area contributed by atoms with Crippen molar-refractivity contribution in [1.82, 2.24) is 34.8 Å². The molecule has 0 unspecified atom stereocenters. The number of aromatic nitrogens is 7. The number of rotatable bonds is 3. The summed E-state index contributed by atoms with van der Waals surface area (Å²) >= 11 is 0. The Bertz CT molecular complexity index is 1120. The highest BCUT2D eigenvalue weighted by atomic mass is 15.4. The molecule has 4 aromatic heterocycles. The van der Waals surface area contributed by atoms with Gasteiger partial charge in [0.05, 0.1) is 11.7 Å². The smallest absolute Gasteiger partial charge is 0.178 e. The van der Waals surface area contributed by atoms with E-state index in [1.165, 1.54) is 0 Å². The number of nitrogens with zero attached hydrogens (tertiary/aromatic N) is 9. The predicted molar refractivity (Wildman–Crippen MR) is 107 cm³/mol. The Kier molecular flexibility index (Phi) is 4.00. The average molecular weight is 375 g/mol. The van der Waals surface area contributed by atoms with E-state index in [0.29, 0.717) is 5.92 Å². The second-order valence-corrected chi connectivity index (χ2v) is 7.27. The molecule has 1 aliphatic heterocycles. The van der Waals surface area contributed by atoms with Gasteiger partial charge in [-0.15, -0.1) is 15.3 Å². The van der Waals surface area contributed by atoms with Gasteiger partial charge in [-0.25, -0.2) is 9.97 Å². The van der Waals surface area contributed by atoms with Crippen LogP contribution in [-0.2, 0) is 0 Å². The van der Waals surface area contributed by atoms with Crippen LogP contribution in [0.3, 0.4) is 0 Å². The first-order valence-electron chi connectivity index (χ1n) is 9.40. The van der Waals surface area contributed by atoms with Crippen molar-refractivity contribution in [1.29, 1.82) is 0 Å². The molecule has 1 fully saturated rings. The van der Waals surface area contributed by atoms with E-state index in [9.17, 15) is 0 Å². The van der Waals surface area contributed by atoms with E-state index < -0.39 is 0 Å². The van der Waals surface area contributed by atoms with E-state index in [1.807, 2.05) is 41.7 Å². The summed E-state index contributed by atoms with van der Waals surface area (Å²) < 4.78 is 1.89. The molecule has 28 heavy (non-hydrogen) atoms. The van der Waals surface area contributed by atoms with Crippen LogP contribution in [0, 0.1) is 0 Å². The normalized spacial score (nSPS) is 15.4. The Morgan fingerprint density at radius 1 is 1.04 bits per heavy atom. The molecule has 0 atom stereocenters. The highest BCUT2D eigenvalue weighted by Gasteiger charge is 2.26. The number of piperidine rings is 1. The Morgan fingerprint density at radius 3 is 2.71 bits per heavy atom. The van der Waals surface area contributed by atoms with E-state index in [2.05, 4.69) is 30.0 Å². The molecule has 0 aromatic carbocycles. The van der Waals surface area contributed by atoms with Gasteiger partial charge in [0.25, 0.3) is 0 Å². The minimum absolute atomic E-state index is 0.325. The van der Waals surface area contributed by atoms with Crippen LogP contribution in [0.25, 0.3) is 16.6 Å². The Labute approximate surface area is 162 Å². The lowest BCUT2D eigenvalue weighted by Crippen LogP contribution is -2.34. The van der Waals surface area contributed by atoms with Crippen LogP contribution in [0.2, 0.25) is 0 Å². The molecule has 5 heterocycles. The first-order chi connectivity index (χ1) is 13.7. The fourth-order valence-electron chi connectivity index (χ4n) is 3.78. The van der Waals surface area contributed by atoms with Crippen LogP contribution in [0.1, 0.15) is 24.6 Å². The predicted octanol–water partition coefficient (Wildman–Crippen LogP) is 1.91. The van der Waals surface area contributed by atoms with E-state index in [4.69, 9.17) is 5.10 Å². The van der Waals surface area contributed by atoms with Gasteiger partial charge in [0.15, 0.2) is 11.5 Å². The van der Waals surface area contributed by atoms with E-state index in [1.54, 1.807) is 18.7 Å². The van der Waals surface area contributed by atoms with Gasteiger partial charge in [-0.2, -0.15) is 4.52 Å². The van der Waals surface area contributed by atoms with Crippen LogP contribution in [0.15, 0.2) is 36.9 Å². The van der Waals surface area contributed by atoms with Gasteiger partial charge in [-0.05, 0) is 31.0 Å². The number of hydrogen-bond acceptors (Lipinski definition) is 8. The van der Waals surface area contributed by atoms with Crippen LogP contribution in [0.5, 0.6) is 0 Å². The molecule has 1 saturated heterocycles. The van der Waals surface area contributed by atoms with Crippen molar-refractivity contribution in [2.24, 2.45) is 0 Å². The summed E-state index contributed by atoms with van der Waals surface area (Å²) in [7, 11) is 3.97. The standard InChI is InChI=1S/C19H21N9/c1-26(2)17-4-3-16-23-24-18(28(16)25-17)13-6-9-27(10-7-13)19-14-5-8-20-11-15(14)21-12-22-19/h3-5,8,11-13H,6-7,9-10H2,1-2H3. The topological polar surface area (TPSA) is 88.2 Å². The van der Waals surface area contributed by atoms with Crippen molar-refractivity contribution < 1.29 is 0 Å². The molecular weight excluding hydrogens is 354 g/mol. The minimum atomic E-state index is 0.325. The SMILES string of the molecule is CN(C)c1ccc2nnc(C3CCN(c4ncnc5cnccc45)CC3)n2n1. The molecule has 0 amide bonds. The monoisotopic (exact) mass is 375 g/mol. The molecular formula is C19H21N9. The summed E-state index contributed by atoms with van der Waals surface area (Å²) in [4.78, 5) is 17.3. The van der Waals surface area contributed by atoms with Crippen molar-refractivity contribution >= 4 is 28.2 Å². The number of fused-ring (bicyclic) bond motifs is 2. The lowest BCUT2D eigenvalue weighted by Gasteiger charge is -2.32. The summed E-state index contributed by atoms with van der Waals surface area (Å²) in [5, 5.41) is 14.5. The maximum atomic E-state index is 4.70. The van der Waals surface area contributed by atoms with Gasteiger partial charge in [0, 0.05) is 44.7 Å². The quantitative estimate of drug-likeness (QED) is 0.537. The Hall–Kier alpha value is -3.36. The fraction of sp³-hybridized carbons (Fsp3) is 0.368. The molecule has 0 saturated carbocycles. The maximum Gasteiger partial charge on any atom is 0.178 e. The zero-order valence-electron chi connectivity index (χ0n) is 15.9. The van der Waals surface area contributed by atoms with E-state index >= 15 is 0 Å². The molecule has 1 aliphatic rings. The van der Waals surface area contributed by atoms with Crippen molar-refractivity contribution in [3.63, 3.8) is 0 Å². The molecule has 142 valence electrons. The molecule has 9 nitrogen and oxygen atoms in total. The summed E-state index contributed by atoms with van der Waals surface area (Å²) in [5.41, 5.74) is 1.66. The Morgan fingerprint density at radius 2 is 1.89 bits per heavy atom. The molecule has 5 rings (SSSR count). The van der Waals surface area contributed by atoms with Crippen molar-refractivity contribution in [2.45, 2.75) is 18.8 Å². The lowest BCUT2D eigenvalue weighted by molar-refractivity contribution is 0.476. The van der Waals surface area contributed by atoms with Crippen LogP contribution in [0.4, 0.5) is 11.6 Å². The largest absolute Gasteiger partial charge is 0.361 e. The van der Waals surface area contributed by atoms with Crippen LogP contribution >= 0.6 is 0 Å². The summed E-state index contributed by atoms with van der Waals surface area (Å²) in [6, 6.07) is 5.91. The fourth-order valence-corrected chi connectivity index (χ4v) is 3.78. The van der Waals surface area contributed by atoms with Crippen molar-refractivity contribution in [3.05, 3.63) is 42.7 Å². The first kappa shape index (κ1) is 16.8. The van der Waals surface area contributed by atoms with E-state index in [-0.39, 0.29) is 0 Å². The van der Waals surface area contributed by atoms with Gasteiger partial charge >= 0.3 is 0 Å². The van der Waals surface area contributed by atoms with Gasteiger partial charge in [-0.1, -0.05) is 0 Å². The summed E-state index contributed by atoms with van der Waals surface area (Å²) in [5.74, 6) is 3.14. The third-order valence-corrected chi connectivity index (χ3v) is 5.31. The number of anilines is 2. The highest BCUT2D eigenvalue weighted by Crippen LogP contribution is 2.31. The third-order valence-electron chi connectivity index (χ3n) is 5.31. The second kappa shape index (κ2) is 6.66. The van der Waals surface area contributed by atoms with Gasteiger partial charge < -0.3 is 9.80 Å². The van der Waals surface area contributed by atoms with Crippen LogP contribution in [-0.4, -0.2) is 61.9 Å². The zero-order chi connectivity index (χ0) is 19.1. The minimum Gasteiger partial charge on any atom is -0.361 e. The third kappa shape index (κ3) is 2.79. The summed E-state index contributed by atoms with van der Waals surface area (Å²) in [6.07, 6.45) is 7.14. The highest BCUT2D eigenvalue weighted by molar-refractivity contribution is 5.88. The maximum absolute atomic E-state index is 4.70. The molecule has 0 spiro atoms. The van der Waals surface area contributed by atoms with E-state index in [0.717, 1.165) is 59.9 Å². The van der Waals surface area contributed by atoms with Crippen LogP contribution < -0.4 is 9.80 Å². The molecule has 0 N–H and O–H groups in total. The molecule has 0 radical (unpaired) electrons. The van der Waals surface area contributed by atoms with Crippen molar-refractivity contribution in [3.8, 4) is 0 Å². The van der Waals surface area contributed by atoms with Gasteiger partial charge in [0.1, 0.15) is 18.0 Å². The zero-order valence-corrected chi connectivity index (χ0v) is 15.9. The molecule has 4 aromatic rings. The molecule has 0 bridgehead atoms. The lowest BCUT2D eigenvalue weighted by atomic mass is 9.96.